The van der Waals surface area contributed by atoms with Crippen LogP contribution >= 0.6 is 11.3 Å². The van der Waals surface area contributed by atoms with E-state index in [0.29, 0.717) is 6.04 Å². The fraction of sp³-hybridized carbons (Fsp3) is 0.647. The highest BCUT2D eigenvalue weighted by Gasteiger charge is 2.13. The molecule has 0 atom stereocenters. The molecule has 21 heavy (non-hydrogen) atoms. The average Bonchev–Trinajstić information content (AvgIpc) is 2.85. The molecule has 2 N–H and O–H groups in total. The molecule has 4 heteroatoms. The van der Waals surface area contributed by atoms with Crippen molar-refractivity contribution in [2.24, 2.45) is 11.7 Å². The summed E-state index contributed by atoms with van der Waals surface area (Å²) in [4.78, 5) is 15.0. The van der Waals surface area contributed by atoms with Gasteiger partial charge >= 0.3 is 0 Å². The minimum absolute atomic E-state index is 0.520. The number of rotatable bonds is 1. The number of aldehydes is 1. The van der Waals surface area contributed by atoms with Gasteiger partial charge in [-0.05, 0) is 45.4 Å². The molecular weight excluding hydrogens is 280 g/mol. The Hall–Kier alpha value is -1.00. The molecule has 1 saturated carbocycles. The fourth-order valence-corrected chi connectivity index (χ4v) is 2.68. The van der Waals surface area contributed by atoms with Gasteiger partial charge in [-0.2, -0.15) is 0 Å². The largest absolute Gasteiger partial charge is 0.328 e. The third-order valence-electron chi connectivity index (χ3n) is 3.11. The maximum atomic E-state index is 10.2. The molecule has 0 amide bonds. The maximum absolute atomic E-state index is 10.2. The lowest BCUT2D eigenvalue weighted by atomic mass is 9.88. The van der Waals surface area contributed by atoms with Crippen LogP contribution < -0.4 is 5.73 Å². The average molecular weight is 313 g/mol. The molecule has 1 aliphatic rings. The van der Waals surface area contributed by atoms with Crippen molar-refractivity contribution in [3.63, 3.8) is 0 Å². The van der Waals surface area contributed by atoms with E-state index in [1.807, 2.05) is 27.7 Å². The number of hydrogen-bond acceptors (Lipinski definition) is 4. The van der Waals surface area contributed by atoms with E-state index in [0.717, 1.165) is 27.8 Å². The van der Waals surface area contributed by atoms with E-state index in [2.05, 4.69) is 25.1 Å². The summed E-state index contributed by atoms with van der Waals surface area (Å²) in [6.07, 6.45) is 6.05. The minimum atomic E-state index is 0.520. The van der Waals surface area contributed by atoms with Crippen molar-refractivity contribution in [3.8, 4) is 0 Å². The number of nitrogens with zero attached hydrogens (tertiary/aromatic N) is 1. The van der Waals surface area contributed by atoms with Crippen molar-refractivity contribution in [2.45, 2.75) is 66.3 Å². The van der Waals surface area contributed by atoms with Crippen LogP contribution in [0.4, 0.5) is 0 Å². The molecule has 2 rings (SSSR count). The standard InChI is InChI=1S/C7H15N.C6H7NOS.C2H6.C2H4/c1-6-2-4-7(8)5-3-6;1-4-6(3-8)9-5(2)7-4;2*1-2/h6-7H,2-5,8H2,1H3;3H,1-2H3;1-2H3;1-2H2. The smallest absolute Gasteiger partial charge is 0.161 e. The molecule has 0 spiro atoms. The van der Waals surface area contributed by atoms with E-state index >= 15 is 0 Å². The summed E-state index contributed by atoms with van der Waals surface area (Å²) in [5.74, 6) is 0.940. The van der Waals surface area contributed by atoms with Gasteiger partial charge in [0, 0.05) is 6.04 Å². The van der Waals surface area contributed by atoms with Gasteiger partial charge in [-0.3, -0.25) is 4.79 Å². The Bertz CT molecular complexity index is 359. The Morgan fingerprint density at radius 2 is 1.67 bits per heavy atom. The Morgan fingerprint density at radius 1 is 1.19 bits per heavy atom. The molecule has 1 fully saturated rings. The highest BCUT2D eigenvalue weighted by atomic mass is 32.1. The zero-order valence-electron chi connectivity index (χ0n) is 14.3. The first-order chi connectivity index (χ1) is 10.0. The number of hydrogen-bond donors (Lipinski definition) is 1. The Balaban J connectivity index is 0. The van der Waals surface area contributed by atoms with E-state index in [1.165, 1.54) is 37.0 Å². The lowest BCUT2D eigenvalue weighted by Gasteiger charge is -2.22. The molecule has 0 saturated heterocycles. The van der Waals surface area contributed by atoms with E-state index in [4.69, 9.17) is 5.73 Å². The third kappa shape index (κ3) is 10.4. The number of aryl methyl sites for hydroxylation is 2. The monoisotopic (exact) mass is 312 g/mol. The summed E-state index contributed by atoms with van der Waals surface area (Å²) in [6.45, 7) is 16.0. The van der Waals surface area contributed by atoms with E-state index in [1.54, 1.807) is 0 Å². The fourth-order valence-electron chi connectivity index (χ4n) is 1.94. The van der Waals surface area contributed by atoms with Crippen LogP contribution in [-0.4, -0.2) is 17.3 Å². The van der Waals surface area contributed by atoms with Crippen molar-refractivity contribution in [1.29, 1.82) is 0 Å². The van der Waals surface area contributed by atoms with Crippen LogP contribution in [0.15, 0.2) is 13.2 Å². The topological polar surface area (TPSA) is 56.0 Å². The molecule has 122 valence electrons. The molecule has 0 radical (unpaired) electrons. The quantitative estimate of drug-likeness (QED) is 0.591. The lowest BCUT2D eigenvalue weighted by Crippen LogP contribution is -2.25. The Morgan fingerprint density at radius 3 is 1.90 bits per heavy atom. The molecule has 1 heterocycles. The second kappa shape index (κ2) is 14.0. The van der Waals surface area contributed by atoms with Crippen molar-refractivity contribution >= 4 is 17.6 Å². The summed E-state index contributed by atoms with van der Waals surface area (Å²) in [5.41, 5.74) is 6.54. The van der Waals surface area contributed by atoms with E-state index in [-0.39, 0.29) is 0 Å². The maximum Gasteiger partial charge on any atom is 0.161 e. The lowest BCUT2D eigenvalue weighted by molar-refractivity contribution is 0.112. The van der Waals surface area contributed by atoms with Crippen molar-refractivity contribution in [2.75, 3.05) is 0 Å². The van der Waals surface area contributed by atoms with Crippen molar-refractivity contribution < 1.29 is 4.79 Å². The molecule has 1 aromatic rings. The van der Waals surface area contributed by atoms with Crippen LogP contribution in [0.2, 0.25) is 0 Å². The first-order valence-corrected chi connectivity index (χ1v) is 8.49. The summed E-state index contributed by atoms with van der Waals surface area (Å²) < 4.78 is 0. The van der Waals surface area contributed by atoms with Gasteiger partial charge in [0.1, 0.15) is 0 Å². The molecule has 1 aromatic heterocycles. The third-order valence-corrected chi connectivity index (χ3v) is 4.11. The van der Waals surface area contributed by atoms with Gasteiger partial charge in [0.15, 0.2) is 6.29 Å². The van der Waals surface area contributed by atoms with Gasteiger partial charge in [-0.1, -0.05) is 20.8 Å². The Kier molecular flexibility index (Phi) is 14.8. The van der Waals surface area contributed by atoms with Crippen molar-refractivity contribution in [3.05, 3.63) is 28.7 Å². The highest BCUT2D eigenvalue weighted by molar-refractivity contribution is 7.13. The van der Waals surface area contributed by atoms with Crippen LogP contribution in [0, 0.1) is 19.8 Å². The number of thiazole rings is 1. The molecule has 1 aliphatic carbocycles. The second-order valence-corrected chi connectivity index (χ2v) is 6.06. The first-order valence-electron chi connectivity index (χ1n) is 7.67. The summed E-state index contributed by atoms with van der Waals surface area (Å²) in [6, 6.07) is 0.520. The predicted molar refractivity (Wildman–Crippen MR) is 95.2 cm³/mol. The van der Waals surface area contributed by atoms with E-state index in [9.17, 15) is 4.79 Å². The van der Waals surface area contributed by atoms with Gasteiger partial charge in [0.2, 0.25) is 0 Å². The molecule has 0 aromatic carbocycles. The molecule has 0 aliphatic heterocycles. The molecular formula is C17H32N2OS. The number of carbonyl (C=O) groups excluding carboxylic acids is 1. The summed E-state index contributed by atoms with van der Waals surface area (Å²) in [7, 11) is 0. The SMILES string of the molecule is C=C.CC.CC1CCC(N)CC1.Cc1nc(C)c(C=O)s1. The van der Waals surface area contributed by atoms with Crippen LogP contribution in [-0.2, 0) is 0 Å². The molecule has 0 unspecified atom stereocenters. The van der Waals surface area contributed by atoms with Crippen LogP contribution in [0.1, 0.15) is 66.8 Å². The van der Waals surface area contributed by atoms with Gasteiger partial charge in [-0.15, -0.1) is 24.5 Å². The number of carbonyl (C=O) groups is 1. The Labute approximate surface area is 134 Å². The van der Waals surface area contributed by atoms with Crippen molar-refractivity contribution in [1.82, 2.24) is 4.98 Å². The number of aromatic nitrogens is 1. The summed E-state index contributed by atoms with van der Waals surface area (Å²) >= 11 is 1.44. The van der Waals surface area contributed by atoms with E-state index < -0.39 is 0 Å². The first kappa shape index (κ1) is 22.3. The zero-order chi connectivity index (χ0) is 16.8. The minimum Gasteiger partial charge on any atom is -0.328 e. The van der Waals surface area contributed by atoms with Gasteiger partial charge in [0.25, 0.3) is 0 Å². The zero-order valence-corrected chi connectivity index (χ0v) is 15.1. The number of nitrogens with two attached hydrogens (primary N) is 1. The second-order valence-electron chi connectivity index (χ2n) is 4.82. The highest BCUT2D eigenvalue weighted by Crippen LogP contribution is 2.21. The summed E-state index contributed by atoms with van der Waals surface area (Å²) in [5, 5.41) is 0.953. The van der Waals surface area contributed by atoms with Crippen LogP contribution in [0.5, 0.6) is 0 Å². The van der Waals surface area contributed by atoms with Crippen LogP contribution in [0.3, 0.4) is 0 Å². The normalized spacial score (nSPS) is 19.7. The van der Waals surface area contributed by atoms with Gasteiger partial charge in [-0.25, -0.2) is 4.98 Å². The van der Waals surface area contributed by atoms with Crippen LogP contribution in [0.25, 0.3) is 0 Å². The molecule has 3 nitrogen and oxygen atoms in total. The predicted octanol–water partition coefficient (Wildman–Crippen LogP) is 4.92. The molecule has 0 bridgehead atoms. The van der Waals surface area contributed by atoms with Gasteiger partial charge < -0.3 is 5.73 Å². The van der Waals surface area contributed by atoms with Gasteiger partial charge in [0.05, 0.1) is 15.6 Å².